The van der Waals surface area contributed by atoms with Gasteiger partial charge in [-0.1, -0.05) is 11.6 Å². The summed E-state index contributed by atoms with van der Waals surface area (Å²) in [5.74, 6) is 0.479. The Kier molecular flexibility index (Phi) is 4.90. The van der Waals surface area contributed by atoms with Crippen LogP contribution in [0.1, 0.15) is 5.56 Å². The zero-order valence-electron chi connectivity index (χ0n) is 13.4. The number of nitro groups is 1. The largest absolute Gasteiger partial charge is 0.417 e. The molecular formula is C16H14ClF3N4O2. The van der Waals surface area contributed by atoms with Gasteiger partial charge in [-0.25, -0.2) is 4.98 Å². The molecule has 1 fully saturated rings. The Labute approximate surface area is 151 Å². The van der Waals surface area contributed by atoms with Gasteiger partial charge < -0.3 is 9.80 Å². The lowest BCUT2D eigenvalue weighted by atomic mass is 10.2. The summed E-state index contributed by atoms with van der Waals surface area (Å²) in [6.45, 7) is 2.23. The van der Waals surface area contributed by atoms with E-state index in [1.807, 2.05) is 9.80 Å². The summed E-state index contributed by atoms with van der Waals surface area (Å²) < 4.78 is 37.8. The van der Waals surface area contributed by atoms with Crippen molar-refractivity contribution in [3.05, 3.63) is 57.2 Å². The summed E-state index contributed by atoms with van der Waals surface area (Å²) in [7, 11) is 0. The van der Waals surface area contributed by atoms with Gasteiger partial charge in [0, 0.05) is 44.5 Å². The first-order valence-electron chi connectivity index (χ1n) is 7.73. The van der Waals surface area contributed by atoms with E-state index in [9.17, 15) is 23.3 Å². The molecule has 138 valence electrons. The average Bonchev–Trinajstić information content (AvgIpc) is 2.61. The highest BCUT2D eigenvalue weighted by atomic mass is 35.5. The van der Waals surface area contributed by atoms with Crippen LogP contribution in [0.25, 0.3) is 0 Å². The minimum Gasteiger partial charge on any atom is -0.367 e. The molecule has 0 bridgehead atoms. The summed E-state index contributed by atoms with van der Waals surface area (Å²) in [4.78, 5) is 18.0. The van der Waals surface area contributed by atoms with Crippen molar-refractivity contribution >= 4 is 28.8 Å². The molecule has 1 aromatic carbocycles. The molecule has 0 amide bonds. The SMILES string of the molecule is O=[N+]([O-])c1ccc(N2CCN(c3ccc(C(F)(F)F)cn3)CC2)c(Cl)c1. The highest BCUT2D eigenvalue weighted by Gasteiger charge is 2.31. The van der Waals surface area contributed by atoms with Crippen molar-refractivity contribution in [2.24, 2.45) is 0 Å². The molecule has 10 heteroatoms. The summed E-state index contributed by atoms with van der Waals surface area (Å²) in [5.41, 5.74) is -0.166. The van der Waals surface area contributed by atoms with Crippen LogP contribution in [-0.2, 0) is 6.18 Å². The van der Waals surface area contributed by atoms with E-state index < -0.39 is 16.7 Å². The number of hydrogen-bond acceptors (Lipinski definition) is 5. The first-order chi connectivity index (χ1) is 12.3. The number of benzene rings is 1. The molecule has 0 aliphatic carbocycles. The fourth-order valence-electron chi connectivity index (χ4n) is 2.78. The van der Waals surface area contributed by atoms with Gasteiger partial charge >= 0.3 is 6.18 Å². The number of piperazine rings is 1. The van der Waals surface area contributed by atoms with Crippen LogP contribution in [0.2, 0.25) is 5.02 Å². The molecule has 0 unspecified atom stereocenters. The van der Waals surface area contributed by atoms with E-state index in [1.54, 1.807) is 6.07 Å². The zero-order valence-corrected chi connectivity index (χ0v) is 14.2. The number of hydrogen-bond donors (Lipinski definition) is 0. The maximum atomic E-state index is 12.6. The van der Waals surface area contributed by atoms with Crippen LogP contribution in [0.4, 0.5) is 30.4 Å². The fourth-order valence-corrected chi connectivity index (χ4v) is 3.08. The van der Waals surface area contributed by atoms with Gasteiger partial charge in [-0.15, -0.1) is 0 Å². The monoisotopic (exact) mass is 386 g/mol. The lowest BCUT2D eigenvalue weighted by molar-refractivity contribution is -0.384. The van der Waals surface area contributed by atoms with Crippen molar-refractivity contribution in [2.45, 2.75) is 6.18 Å². The summed E-state index contributed by atoms with van der Waals surface area (Å²) >= 11 is 6.14. The number of halogens is 4. The summed E-state index contributed by atoms with van der Waals surface area (Å²) in [6.07, 6.45) is -3.58. The van der Waals surface area contributed by atoms with Crippen LogP contribution in [0, 0.1) is 10.1 Å². The van der Waals surface area contributed by atoms with Crippen molar-refractivity contribution in [1.29, 1.82) is 0 Å². The van der Waals surface area contributed by atoms with E-state index in [1.165, 1.54) is 18.2 Å². The van der Waals surface area contributed by atoms with E-state index in [0.717, 1.165) is 12.3 Å². The number of anilines is 2. The lowest BCUT2D eigenvalue weighted by Gasteiger charge is -2.37. The molecule has 1 saturated heterocycles. The van der Waals surface area contributed by atoms with Gasteiger partial charge in [0.1, 0.15) is 5.82 Å². The number of aromatic nitrogens is 1. The molecule has 1 aliphatic heterocycles. The van der Waals surface area contributed by atoms with Gasteiger partial charge in [0.15, 0.2) is 0 Å². The van der Waals surface area contributed by atoms with Crippen LogP contribution in [0.15, 0.2) is 36.5 Å². The maximum absolute atomic E-state index is 12.6. The average molecular weight is 387 g/mol. The molecule has 3 rings (SSSR count). The van der Waals surface area contributed by atoms with Gasteiger partial charge in [-0.2, -0.15) is 13.2 Å². The maximum Gasteiger partial charge on any atom is 0.417 e. The minimum atomic E-state index is -4.41. The van der Waals surface area contributed by atoms with E-state index >= 15 is 0 Å². The van der Waals surface area contributed by atoms with Crippen molar-refractivity contribution in [3.63, 3.8) is 0 Å². The fraction of sp³-hybridized carbons (Fsp3) is 0.312. The third-order valence-corrected chi connectivity index (χ3v) is 4.46. The van der Waals surface area contributed by atoms with Crippen molar-refractivity contribution < 1.29 is 18.1 Å². The quantitative estimate of drug-likeness (QED) is 0.589. The van der Waals surface area contributed by atoms with E-state index in [0.29, 0.717) is 42.7 Å². The van der Waals surface area contributed by atoms with Gasteiger partial charge in [-0.3, -0.25) is 10.1 Å². The zero-order chi connectivity index (χ0) is 18.9. The van der Waals surface area contributed by atoms with E-state index in [2.05, 4.69) is 4.98 Å². The van der Waals surface area contributed by atoms with Crippen molar-refractivity contribution in [3.8, 4) is 0 Å². The summed E-state index contributed by atoms with van der Waals surface area (Å²) in [6, 6.07) is 6.68. The standard InChI is InChI=1S/C16H14ClF3N4O2/c17-13-9-12(24(25)26)2-3-14(13)22-5-7-23(8-6-22)15-4-1-11(10-21-15)16(18,19)20/h1-4,9-10H,5-8H2. The second-order valence-corrected chi connectivity index (χ2v) is 6.18. The normalized spacial score (nSPS) is 15.2. The molecule has 0 atom stereocenters. The third kappa shape index (κ3) is 3.82. The first kappa shape index (κ1) is 18.2. The van der Waals surface area contributed by atoms with Crippen LogP contribution in [-0.4, -0.2) is 36.1 Å². The van der Waals surface area contributed by atoms with E-state index in [-0.39, 0.29) is 5.69 Å². The Balaban J connectivity index is 1.67. The van der Waals surface area contributed by atoms with Crippen LogP contribution < -0.4 is 9.80 Å². The predicted octanol–water partition coefficient (Wildman–Crippen LogP) is 3.99. The molecule has 26 heavy (non-hydrogen) atoms. The molecule has 2 aromatic rings. The van der Waals surface area contributed by atoms with Gasteiger partial charge in [0.25, 0.3) is 5.69 Å². The molecule has 6 nitrogen and oxygen atoms in total. The topological polar surface area (TPSA) is 62.5 Å². The molecule has 2 heterocycles. The van der Waals surface area contributed by atoms with Gasteiger partial charge in [0.05, 0.1) is 21.2 Å². The number of non-ortho nitro benzene ring substituents is 1. The van der Waals surface area contributed by atoms with Crippen LogP contribution in [0.3, 0.4) is 0 Å². The third-order valence-electron chi connectivity index (χ3n) is 4.16. The van der Waals surface area contributed by atoms with Crippen LogP contribution in [0.5, 0.6) is 0 Å². The minimum absolute atomic E-state index is 0.0775. The second-order valence-electron chi connectivity index (χ2n) is 5.77. The molecular weight excluding hydrogens is 373 g/mol. The molecule has 1 aromatic heterocycles. The van der Waals surface area contributed by atoms with E-state index in [4.69, 9.17) is 11.6 Å². The van der Waals surface area contributed by atoms with Crippen LogP contribution >= 0.6 is 11.6 Å². The Morgan fingerprint density at radius 1 is 1.08 bits per heavy atom. The molecule has 0 spiro atoms. The lowest BCUT2D eigenvalue weighted by Crippen LogP contribution is -2.47. The number of nitro benzene ring substituents is 1. The number of pyridine rings is 1. The van der Waals surface area contributed by atoms with Gasteiger partial charge in [0.2, 0.25) is 0 Å². The number of nitrogens with zero attached hydrogens (tertiary/aromatic N) is 4. The highest BCUT2D eigenvalue weighted by Crippen LogP contribution is 2.32. The smallest absolute Gasteiger partial charge is 0.367 e. The summed E-state index contributed by atoms with van der Waals surface area (Å²) in [5, 5.41) is 11.1. The van der Waals surface area contributed by atoms with Gasteiger partial charge in [-0.05, 0) is 18.2 Å². The first-order valence-corrected chi connectivity index (χ1v) is 8.10. The molecule has 0 N–H and O–H groups in total. The highest BCUT2D eigenvalue weighted by molar-refractivity contribution is 6.33. The Hall–Kier alpha value is -2.55. The predicted molar refractivity (Wildman–Crippen MR) is 91.8 cm³/mol. The molecule has 0 radical (unpaired) electrons. The van der Waals surface area contributed by atoms with Crippen molar-refractivity contribution in [1.82, 2.24) is 4.98 Å². The Bertz CT molecular complexity index is 806. The second kappa shape index (κ2) is 6.99. The Morgan fingerprint density at radius 3 is 2.23 bits per heavy atom. The molecule has 1 aliphatic rings. The molecule has 0 saturated carbocycles. The number of rotatable bonds is 3. The Morgan fingerprint density at radius 2 is 1.73 bits per heavy atom. The van der Waals surface area contributed by atoms with Crippen molar-refractivity contribution in [2.75, 3.05) is 36.0 Å². The number of alkyl halides is 3.